The highest BCUT2D eigenvalue weighted by molar-refractivity contribution is 6.26. The highest BCUT2D eigenvalue weighted by Gasteiger charge is 2.65. The van der Waals surface area contributed by atoms with Gasteiger partial charge in [0.15, 0.2) is 5.60 Å². The molecule has 6 rings (SSSR count). The van der Waals surface area contributed by atoms with Gasteiger partial charge in [0.05, 0.1) is 5.41 Å². The minimum Gasteiger partial charge on any atom is -0.488 e. The van der Waals surface area contributed by atoms with E-state index in [1.165, 1.54) is 30.4 Å². The molecule has 7 nitrogen and oxygen atoms in total. The van der Waals surface area contributed by atoms with E-state index < -0.39 is 52.2 Å². The second-order valence-corrected chi connectivity index (χ2v) is 12.1. The zero-order valence-electron chi connectivity index (χ0n) is 25.7. The SMILES string of the molecule is CO[C@@](C(=O)O[C@H]1/C=C2C=C/C(=C3\C(=O)O[C@]4(C[C@H](C)C(C)=C[C@]4(C)/C=C(C)/C=C/C1)C3=O)OC/2)(c1ccccc1)C(F)(F)F. The van der Waals surface area contributed by atoms with Gasteiger partial charge in [0.25, 0.3) is 5.60 Å². The summed E-state index contributed by atoms with van der Waals surface area (Å²) in [5.41, 5.74) is -4.24. The molecule has 1 aromatic rings. The number of benzene rings is 1. The first-order valence-electron chi connectivity index (χ1n) is 14.7. The van der Waals surface area contributed by atoms with Crippen LogP contribution < -0.4 is 0 Å². The molecular formula is C35H35F3O7. The van der Waals surface area contributed by atoms with Crippen molar-refractivity contribution >= 4 is 17.7 Å². The molecule has 1 saturated heterocycles. The quantitative estimate of drug-likeness (QED) is 0.214. The van der Waals surface area contributed by atoms with Gasteiger partial charge in [0.2, 0.25) is 5.78 Å². The van der Waals surface area contributed by atoms with Crippen molar-refractivity contribution in [3.63, 3.8) is 0 Å². The summed E-state index contributed by atoms with van der Waals surface area (Å²) in [6.45, 7) is 7.45. The molecule has 0 aromatic heterocycles. The molecule has 45 heavy (non-hydrogen) atoms. The van der Waals surface area contributed by atoms with Crippen LogP contribution in [0.2, 0.25) is 0 Å². The number of esters is 2. The average Bonchev–Trinajstić information content (AvgIpc) is 3.22. The molecule has 0 radical (unpaired) electrons. The van der Waals surface area contributed by atoms with Crippen molar-refractivity contribution in [2.75, 3.05) is 13.7 Å². The van der Waals surface area contributed by atoms with Gasteiger partial charge < -0.3 is 18.9 Å². The first-order valence-corrected chi connectivity index (χ1v) is 14.7. The van der Waals surface area contributed by atoms with Gasteiger partial charge in [-0.2, -0.15) is 13.2 Å². The molecule has 3 aliphatic heterocycles. The van der Waals surface area contributed by atoms with Crippen LogP contribution in [0.25, 0.3) is 0 Å². The third-order valence-electron chi connectivity index (χ3n) is 9.03. The lowest BCUT2D eigenvalue weighted by atomic mass is 9.61. The first-order chi connectivity index (χ1) is 21.2. The zero-order valence-corrected chi connectivity index (χ0v) is 25.7. The van der Waals surface area contributed by atoms with Crippen LogP contribution in [0.5, 0.6) is 0 Å². The number of Topliss-reactive ketones (excluding diaryl/α,β-unsaturated/α-hetero) is 1. The molecule has 0 unspecified atom stereocenters. The van der Waals surface area contributed by atoms with Crippen LogP contribution in [0.3, 0.4) is 0 Å². The zero-order chi connectivity index (χ0) is 32.8. The second-order valence-electron chi connectivity index (χ2n) is 12.1. The van der Waals surface area contributed by atoms with Crippen LogP contribution in [0.4, 0.5) is 13.2 Å². The van der Waals surface area contributed by atoms with E-state index in [1.54, 1.807) is 25.2 Å². The monoisotopic (exact) mass is 624 g/mol. The van der Waals surface area contributed by atoms with Gasteiger partial charge >= 0.3 is 18.1 Å². The summed E-state index contributed by atoms with van der Waals surface area (Å²) in [6, 6.07) is 6.60. The highest BCUT2D eigenvalue weighted by Crippen LogP contribution is 2.53. The molecule has 0 saturated carbocycles. The van der Waals surface area contributed by atoms with Crippen LogP contribution in [-0.2, 0) is 38.9 Å². The maximum Gasteiger partial charge on any atom is 0.432 e. The topological polar surface area (TPSA) is 88.1 Å². The highest BCUT2D eigenvalue weighted by atomic mass is 19.4. The van der Waals surface area contributed by atoms with E-state index in [9.17, 15) is 27.6 Å². The van der Waals surface area contributed by atoms with E-state index in [0.717, 1.165) is 24.8 Å². The molecule has 5 aliphatic rings. The van der Waals surface area contributed by atoms with Gasteiger partial charge in [-0.05, 0) is 44.4 Å². The molecule has 1 fully saturated rings. The molecule has 2 aliphatic carbocycles. The van der Waals surface area contributed by atoms with Crippen LogP contribution in [0, 0.1) is 11.3 Å². The Kier molecular flexibility index (Phi) is 8.33. The number of halogens is 3. The van der Waals surface area contributed by atoms with Crippen molar-refractivity contribution in [2.24, 2.45) is 11.3 Å². The Bertz CT molecular complexity index is 1600. The molecule has 5 atom stereocenters. The molecule has 1 aromatic carbocycles. The molecular weight excluding hydrogens is 589 g/mol. The van der Waals surface area contributed by atoms with Gasteiger partial charge in [-0.3, -0.25) is 4.79 Å². The smallest absolute Gasteiger partial charge is 0.432 e. The summed E-state index contributed by atoms with van der Waals surface area (Å²) in [6.07, 6.45) is 5.73. The largest absolute Gasteiger partial charge is 0.488 e. The predicted octanol–water partition coefficient (Wildman–Crippen LogP) is 6.53. The van der Waals surface area contributed by atoms with Crippen molar-refractivity contribution in [1.29, 1.82) is 0 Å². The van der Waals surface area contributed by atoms with E-state index >= 15 is 0 Å². The predicted molar refractivity (Wildman–Crippen MR) is 158 cm³/mol. The number of hydrogen-bond acceptors (Lipinski definition) is 7. The van der Waals surface area contributed by atoms with Crippen molar-refractivity contribution < 1.29 is 46.5 Å². The van der Waals surface area contributed by atoms with Crippen molar-refractivity contribution in [2.45, 2.75) is 64.0 Å². The fourth-order valence-corrected chi connectivity index (χ4v) is 6.56. The Morgan fingerprint density at radius 2 is 1.76 bits per heavy atom. The number of methoxy groups -OCH3 is 1. The number of ether oxygens (including phenoxy) is 4. The fraction of sp³-hybridized carbons (Fsp3) is 0.400. The van der Waals surface area contributed by atoms with E-state index in [0.29, 0.717) is 11.1 Å². The summed E-state index contributed by atoms with van der Waals surface area (Å²) >= 11 is 0. The third kappa shape index (κ3) is 5.39. The number of fused-ring (bicyclic) bond motifs is 5. The lowest BCUT2D eigenvalue weighted by molar-refractivity contribution is -0.277. The normalized spacial score (nSPS) is 34.4. The Hall–Kier alpha value is -4.18. The first kappa shape index (κ1) is 32.2. The number of allylic oxidation sites excluding steroid dienone is 4. The number of alkyl halides is 3. The van der Waals surface area contributed by atoms with Crippen molar-refractivity contribution in [3.05, 3.63) is 106 Å². The van der Waals surface area contributed by atoms with Crippen molar-refractivity contribution in [1.82, 2.24) is 0 Å². The standard InChI is InChI=1S/C35H35F3O7/c1-21-10-9-13-26(44-31(41)34(42-5,35(36,37)38)25-11-7-6-8-12-25)16-24-14-15-27(43-20-24)28-29(39)33(45-30(28)40)19-23(3)22(2)18-32(33,4)17-21/h6-12,14-18,23,26H,13,19-20H2,1-5H3/b10-9+,21-17+,24-16-,28-27+/t23-,26+,32-,33+,34+/m0/s1. The summed E-state index contributed by atoms with van der Waals surface area (Å²) in [5, 5.41) is 0. The maximum absolute atomic E-state index is 14.5. The summed E-state index contributed by atoms with van der Waals surface area (Å²) in [4.78, 5) is 40.8. The Balaban J connectivity index is 1.59. The number of carbonyl (C=O) groups excluding carboxylic acids is 3. The van der Waals surface area contributed by atoms with Gasteiger partial charge in [0.1, 0.15) is 24.0 Å². The Morgan fingerprint density at radius 1 is 1.04 bits per heavy atom. The number of carbonyl (C=O) groups is 3. The number of ketones is 1. The van der Waals surface area contributed by atoms with Gasteiger partial charge in [-0.1, -0.05) is 78.8 Å². The molecule has 238 valence electrons. The van der Waals surface area contributed by atoms with E-state index in [1.807, 2.05) is 32.9 Å². The Labute approximate surface area is 259 Å². The minimum atomic E-state index is -5.13. The van der Waals surface area contributed by atoms with E-state index in [-0.39, 0.29) is 36.7 Å². The number of rotatable bonds is 4. The molecule has 1 spiro atoms. The molecule has 10 heteroatoms. The van der Waals surface area contributed by atoms with Crippen LogP contribution in [-0.4, -0.2) is 49.3 Å². The van der Waals surface area contributed by atoms with Crippen LogP contribution >= 0.6 is 0 Å². The fourth-order valence-electron chi connectivity index (χ4n) is 6.56. The Morgan fingerprint density at radius 3 is 2.38 bits per heavy atom. The number of hydrogen-bond donors (Lipinski definition) is 0. The lowest BCUT2D eigenvalue weighted by Gasteiger charge is -2.45. The van der Waals surface area contributed by atoms with Gasteiger partial charge in [0, 0.05) is 25.5 Å². The summed E-state index contributed by atoms with van der Waals surface area (Å²) in [7, 11) is 0.813. The van der Waals surface area contributed by atoms with Crippen molar-refractivity contribution in [3.8, 4) is 0 Å². The van der Waals surface area contributed by atoms with E-state index in [4.69, 9.17) is 18.9 Å². The molecule has 0 N–H and O–H groups in total. The molecule has 0 amide bonds. The van der Waals surface area contributed by atoms with Gasteiger partial charge in [-0.15, -0.1) is 0 Å². The van der Waals surface area contributed by atoms with E-state index in [2.05, 4.69) is 0 Å². The third-order valence-corrected chi connectivity index (χ3v) is 9.03. The van der Waals surface area contributed by atoms with Crippen LogP contribution in [0.15, 0.2) is 101 Å². The summed E-state index contributed by atoms with van der Waals surface area (Å²) in [5.74, 6) is -2.84. The average molecular weight is 625 g/mol. The lowest BCUT2D eigenvalue weighted by Crippen LogP contribution is -2.53. The second kappa shape index (κ2) is 11.6. The van der Waals surface area contributed by atoms with Gasteiger partial charge in [-0.25, -0.2) is 9.59 Å². The van der Waals surface area contributed by atoms with Crippen LogP contribution in [0.1, 0.15) is 46.1 Å². The molecule has 4 bridgehead atoms. The minimum absolute atomic E-state index is 0.0230. The molecule has 3 heterocycles. The summed E-state index contributed by atoms with van der Waals surface area (Å²) < 4.78 is 65.9. The maximum atomic E-state index is 14.5.